The number of hydrogen-bond acceptors (Lipinski definition) is 4. The lowest BCUT2D eigenvalue weighted by atomic mass is 9.92. The van der Waals surface area contributed by atoms with Crippen LogP contribution in [0.4, 0.5) is 4.39 Å². The van der Waals surface area contributed by atoms with Gasteiger partial charge in [-0.1, -0.05) is 0 Å². The standard InChI is InChI=1S/C16H18FN3S/c1-18-14-3-2-4-15-13(14)9-19-16(20-15)10-21-12-7-5-11(17)6-8-12/h5-9,14,18H,2-4,10H2,1H3. The molecule has 21 heavy (non-hydrogen) atoms. The smallest absolute Gasteiger partial charge is 0.138 e. The van der Waals surface area contributed by atoms with E-state index in [9.17, 15) is 4.39 Å². The maximum atomic E-state index is 12.9. The van der Waals surface area contributed by atoms with Crippen molar-refractivity contribution in [3.63, 3.8) is 0 Å². The van der Waals surface area contributed by atoms with Crippen molar-refractivity contribution in [2.24, 2.45) is 0 Å². The summed E-state index contributed by atoms with van der Waals surface area (Å²) in [5, 5.41) is 3.32. The lowest BCUT2D eigenvalue weighted by Crippen LogP contribution is -2.23. The minimum atomic E-state index is -0.206. The number of thioether (sulfide) groups is 1. The van der Waals surface area contributed by atoms with Gasteiger partial charge in [0.1, 0.15) is 11.6 Å². The van der Waals surface area contributed by atoms with Crippen molar-refractivity contribution < 1.29 is 4.39 Å². The summed E-state index contributed by atoms with van der Waals surface area (Å²) in [5.41, 5.74) is 2.41. The van der Waals surface area contributed by atoms with E-state index in [-0.39, 0.29) is 5.82 Å². The van der Waals surface area contributed by atoms with Gasteiger partial charge in [0, 0.05) is 28.4 Å². The molecular formula is C16H18FN3S. The Hall–Kier alpha value is -1.46. The highest BCUT2D eigenvalue weighted by Gasteiger charge is 2.20. The third-order valence-electron chi connectivity index (χ3n) is 3.76. The first kappa shape index (κ1) is 14.5. The van der Waals surface area contributed by atoms with E-state index in [1.54, 1.807) is 23.9 Å². The van der Waals surface area contributed by atoms with E-state index in [0.29, 0.717) is 11.8 Å². The lowest BCUT2D eigenvalue weighted by molar-refractivity contribution is 0.486. The molecule has 0 saturated carbocycles. The average Bonchev–Trinajstić information content (AvgIpc) is 2.53. The van der Waals surface area contributed by atoms with Gasteiger partial charge >= 0.3 is 0 Å². The molecule has 1 aromatic heterocycles. The van der Waals surface area contributed by atoms with Crippen molar-refractivity contribution in [1.29, 1.82) is 0 Å². The van der Waals surface area contributed by atoms with Gasteiger partial charge in [-0.25, -0.2) is 14.4 Å². The number of nitrogens with one attached hydrogen (secondary N) is 1. The highest BCUT2D eigenvalue weighted by Crippen LogP contribution is 2.28. The number of aromatic nitrogens is 2. The predicted molar refractivity (Wildman–Crippen MR) is 82.7 cm³/mol. The van der Waals surface area contributed by atoms with Crippen molar-refractivity contribution in [2.45, 2.75) is 36.0 Å². The van der Waals surface area contributed by atoms with E-state index >= 15 is 0 Å². The molecule has 0 radical (unpaired) electrons. The Balaban J connectivity index is 1.70. The lowest BCUT2D eigenvalue weighted by Gasteiger charge is -2.24. The molecule has 3 rings (SSSR count). The van der Waals surface area contributed by atoms with Gasteiger partial charge < -0.3 is 5.32 Å². The summed E-state index contributed by atoms with van der Waals surface area (Å²) in [4.78, 5) is 10.2. The Morgan fingerprint density at radius 3 is 2.90 bits per heavy atom. The Bertz CT molecular complexity index is 615. The van der Waals surface area contributed by atoms with Crippen LogP contribution in [0.15, 0.2) is 35.4 Å². The number of benzene rings is 1. The summed E-state index contributed by atoms with van der Waals surface area (Å²) in [7, 11) is 1.98. The molecule has 0 bridgehead atoms. The summed E-state index contributed by atoms with van der Waals surface area (Å²) in [6, 6.07) is 6.92. The summed E-state index contributed by atoms with van der Waals surface area (Å²) < 4.78 is 12.9. The predicted octanol–water partition coefficient (Wildman–Crippen LogP) is 3.50. The highest BCUT2D eigenvalue weighted by molar-refractivity contribution is 7.98. The van der Waals surface area contributed by atoms with Gasteiger partial charge in [0.2, 0.25) is 0 Å². The monoisotopic (exact) mass is 303 g/mol. The van der Waals surface area contributed by atoms with Crippen molar-refractivity contribution >= 4 is 11.8 Å². The average molecular weight is 303 g/mol. The Morgan fingerprint density at radius 2 is 2.14 bits per heavy atom. The number of rotatable bonds is 4. The number of fused-ring (bicyclic) bond motifs is 1. The SMILES string of the molecule is CNC1CCCc2nc(CSc3ccc(F)cc3)ncc21. The second-order valence-corrected chi connectivity index (χ2v) is 6.21. The zero-order valence-electron chi connectivity index (χ0n) is 12.0. The summed E-state index contributed by atoms with van der Waals surface area (Å²) in [6.07, 6.45) is 5.31. The Kier molecular flexibility index (Phi) is 4.51. The van der Waals surface area contributed by atoms with E-state index in [2.05, 4.69) is 10.3 Å². The number of hydrogen-bond donors (Lipinski definition) is 1. The van der Waals surface area contributed by atoms with Crippen LogP contribution in [0.2, 0.25) is 0 Å². The van der Waals surface area contributed by atoms with Crippen LogP contribution in [0.1, 0.15) is 36.0 Å². The molecule has 0 aliphatic heterocycles. The first-order chi connectivity index (χ1) is 10.3. The summed E-state index contributed by atoms with van der Waals surface area (Å²) in [6.45, 7) is 0. The van der Waals surface area contributed by atoms with Gasteiger partial charge in [0.15, 0.2) is 0 Å². The van der Waals surface area contributed by atoms with Crippen LogP contribution in [0.25, 0.3) is 0 Å². The zero-order chi connectivity index (χ0) is 14.7. The molecule has 1 N–H and O–H groups in total. The molecule has 1 aromatic carbocycles. The number of halogens is 1. The van der Waals surface area contributed by atoms with E-state index in [1.807, 2.05) is 13.2 Å². The molecule has 0 saturated heterocycles. The first-order valence-electron chi connectivity index (χ1n) is 7.16. The second-order valence-electron chi connectivity index (χ2n) is 5.16. The fraction of sp³-hybridized carbons (Fsp3) is 0.375. The van der Waals surface area contributed by atoms with Crippen molar-refractivity contribution in [3.8, 4) is 0 Å². The second kappa shape index (κ2) is 6.54. The Labute approximate surface area is 128 Å². The zero-order valence-corrected chi connectivity index (χ0v) is 12.8. The van der Waals surface area contributed by atoms with Crippen LogP contribution in [-0.2, 0) is 12.2 Å². The molecule has 1 unspecified atom stereocenters. The van der Waals surface area contributed by atoms with E-state index in [0.717, 1.165) is 23.6 Å². The molecule has 0 amide bonds. The highest BCUT2D eigenvalue weighted by atomic mass is 32.2. The largest absolute Gasteiger partial charge is 0.313 e. The van der Waals surface area contributed by atoms with E-state index < -0.39 is 0 Å². The van der Waals surface area contributed by atoms with Gasteiger partial charge in [-0.15, -0.1) is 11.8 Å². The van der Waals surface area contributed by atoms with Crippen molar-refractivity contribution in [3.05, 3.63) is 53.4 Å². The van der Waals surface area contributed by atoms with Gasteiger partial charge in [0.25, 0.3) is 0 Å². The van der Waals surface area contributed by atoms with Gasteiger partial charge in [-0.2, -0.15) is 0 Å². The third kappa shape index (κ3) is 3.41. The molecule has 3 nitrogen and oxygen atoms in total. The fourth-order valence-electron chi connectivity index (χ4n) is 2.64. The summed E-state index contributed by atoms with van der Waals surface area (Å²) in [5.74, 6) is 1.35. The Morgan fingerprint density at radius 1 is 1.33 bits per heavy atom. The van der Waals surface area contributed by atoms with Crippen LogP contribution in [0, 0.1) is 5.82 Å². The third-order valence-corrected chi connectivity index (χ3v) is 4.77. The quantitative estimate of drug-likeness (QED) is 0.877. The molecule has 1 aliphatic rings. The minimum absolute atomic E-state index is 0.206. The number of aryl methyl sites for hydroxylation is 1. The molecule has 1 atom stereocenters. The number of nitrogens with zero attached hydrogens (tertiary/aromatic N) is 2. The molecule has 1 heterocycles. The van der Waals surface area contributed by atoms with Gasteiger partial charge in [-0.05, 0) is 50.6 Å². The molecule has 0 fully saturated rings. The van der Waals surface area contributed by atoms with Crippen LogP contribution >= 0.6 is 11.8 Å². The molecule has 1 aliphatic carbocycles. The van der Waals surface area contributed by atoms with Crippen LogP contribution in [0.3, 0.4) is 0 Å². The van der Waals surface area contributed by atoms with Crippen molar-refractivity contribution in [1.82, 2.24) is 15.3 Å². The normalized spacial score (nSPS) is 17.5. The minimum Gasteiger partial charge on any atom is -0.313 e. The fourth-order valence-corrected chi connectivity index (χ4v) is 3.40. The topological polar surface area (TPSA) is 37.8 Å². The molecule has 110 valence electrons. The van der Waals surface area contributed by atoms with Crippen LogP contribution < -0.4 is 5.32 Å². The molecule has 0 spiro atoms. The summed E-state index contributed by atoms with van der Waals surface area (Å²) >= 11 is 1.63. The molecule has 2 aromatic rings. The van der Waals surface area contributed by atoms with Gasteiger partial charge in [-0.3, -0.25) is 0 Å². The van der Waals surface area contributed by atoms with E-state index in [1.165, 1.54) is 29.8 Å². The first-order valence-corrected chi connectivity index (χ1v) is 8.15. The maximum absolute atomic E-state index is 12.9. The van der Waals surface area contributed by atoms with Crippen molar-refractivity contribution in [2.75, 3.05) is 7.05 Å². The van der Waals surface area contributed by atoms with E-state index in [4.69, 9.17) is 4.98 Å². The van der Waals surface area contributed by atoms with Crippen LogP contribution in [-0.4, -0.2) is 17.0 Å². The maximum Gasteiger partial charge on any atom is 0.138 e. The molecular weight excluding hydrogens is 285 g/mol. The van der Waals surface area contributed by atoms with Gasteiger partial charge in [0.05, 0.1) is 5.75 Å². The van der Waals surface area contributed by atoms with Crippen LogP contribution in [0.5, 0.6) is 0 Å². The molecule has 5 heteroatoms.